The lowest BCUT2D eigenvalue weighted by molar-refractivity contribution is 0.592. The van der Waals surface area contributed by atoms with E-state index in [1.54, 1.807) is 0 Å². The summed E-state index contributed by atoms with van der Waals surface area (Å²) in [4.78, 5) is 0. The SMILES string of the molecule is CCNCC(Cc1ccccc1C)c1ccccc1Br. The fourth-order valence-corrected chi connectivity index (χ4v) is 3.13. The number of rotatable bonds is 6. The van der Waals surface area contributed by atoms with E-state index in [1.165, 1.54) is 21.2 Å². The Kier molecular flexibility index (Phi) is 5.81. The first-order chi connectivity index (χ1) is 9.72. The highest BCUT2D eigenvalue weighted by atomic mass is 79.9. The predicted octanol–water partition coefficient (Wildman–Crippen LogP) is 4.69. The fraction of sp³-hybridized carbons (Fsp3) is 0.333. The molecule has 0 aromatic heterocycles. The summed E-state index contributed by atoms with van der Waals surface area (Å²) in [5.41, 5.74) is 4.20. The Morgan fingerprint density at radius 1 is 1.05 bits per heavy atom. The van der Waals surface area contributed by atoms with Gasteiger partial charge in [-0.2, -0.15) is 0 Å². The van der Waals surface area contributed by atoms with Crippen molar-refractivity contribution in [2.75, 3.05) is 13.1 Å². The van der Waals surface area contributed by atoms with Gasteiger partial charge in [-0.1, -0.05) is 65.3 Å². The topological polar surface area (TPSA) is 12.0 Å². The van der Waals surface area contributed by atoms with Crippen molar-refractivity contribution in [3.8, 4) is 0 Å². The van der Waals surface area contributed by atoms with Gasteiger partial charge >= 0.3 is 0 Å². The summed E-state index contributed by atoms with van der Waals surface area (Å²) < 4.78 is 1.21. The number of benzene rings is 2. The minimum absolute atomic E-state index is 0.492. The molecule has 1 atom stereocenters. The maximum atomic E-state index is 3.69. The third-order valence-electron chi connectivity index (χ3n) is 3.71. The zero-order valence-electron chi connectivity index (χ0n) is 12.2. The van der Waals surface area contributed by atoms with E-state index in [2.05, 4.69) is 83.6 Å². The van der Waals surface area contributed by atoms with Gasteiger partial charge in [0, 0.05) is 16.9 Å². The van der Waals surface area contributed by atoms with Gasteiger partial charge in [-0.05, 0) is 42.6 Å². The third-order valence-corrected chi connectivity index (χ3v) is 4.44. The van der Waals surface area contributed by atoms with E-state index in [0.29, 0.717) is 5.92 Å². The minimum atomic E-state index is 0.492. The number of halogens is 1. The molecule has 0 fully saturated rings. The Hall–Kier alpha value is -1.12. The van der Waals surface area contributed by atoms with Crippen molar-refractivity contribution in [1.82, 2.24) is 5.32 Å². The second-order valence-electron chi connectivity index (χ2n) is 5.16. The molecule has 0 aliphatic heterocycles. The van der Waals surface area contributed by atoms with Gasteiger partial charge in [0.1, 0.15) is 0 Å². The molecule has 0 saturated carbocycles. The Bertz CT molecular complexity index is 551. The van der Waals surface area contributed by atoms with Crippen molar-refractivity contribution in [3.63, 3.8) is 0 Å². The minimum Gasteiger partial charge on any atom is -0.316 e. The molecule has 0 heterocycles. The fourth-order valence-electron chi connectivity index (χ4n) is 2.52. The summed E-state index contributed by atoms with van der Waals surface area (Å²) in [7, 11) is 0. The van der Waals surface area contributed by atoms with Crippen molar-refractivity contribution in [2.24, 2.45) is 0 Å². The molecule has 2 heteroatoms. The highest BCUT2D eigenvalue weighted by molar-refractivity contribution is 9.10. The Balaban J connectivity index is 2.24. The first-order valence-corrected chi connectivity index (χ1v) is 8.01. The van der Waals surface area contributed by atoms with Crippen LogP contribution >= 0.6 is 15.9 Å². The maximum absolute atomic E-state index is 3.69. The summed E-state index contributed by atoms with van der Waals surface area (Å²) in [6.45, 7) is 6.37. The van der Waals surface area contributed by atoms with Crippen LogP contribution in [0.3, 0.4) is 0 Å². The molecule has 20 heavy (non-hydrogen) atoms. The molecule has 1 unspecified atom stereocenters. The molecule has 0 amide bonds. The lowest BCUT2D eigenvalue weighted by Crippen LogP contribution is -2.23. The molecule has 106 valence electrons. The maximum Gasteiger partial charge on any atom is 0.0210 e. The molecule has 2 rings (SSSR count). The largest absolute Gasteiger partial charge is 0.316 e. The van der Waals surface area contributed by atoms with Crippen LogP contribution in [-0.2, 0) is 6.42 Å². The average molecular weight is 332 g/mol. The lowest BCUT2D eigenvalue weighted by Gasteiger charge is -2.20. The van der Waals surface area contributed by atoms with Gasteiger partial charge in [0.05, 0.1) is 0 Å². The smallest absolute Gasteiger partial charge is 0.0210 e. The zero-order valence-corrected chi connectivity index (χ0v) is 13.8. The second kappa shape index (κ2) is 7.61. The van der Waals surface area contributed by atoms with Gasteiger partial charge in [-0.25, -0.2) is 0 Å². The van der Waals surface area contributed by atoms with E-state index in [4.69, 9.17) is 0 Å². The first-order valence-electron chi connectivity index (χ1n) is 7.22. The van der Waals surface area contributed by atoms with E-state index in [9.17, 15) is 0 Å². The second-order valence-corrected chi connectivity index (χ2v) is 6.01. The molecule has 0 saturated heterocycles. The van der Waals surface area contributed by atoms with Crippen molar-refractivity contribution in [3.05, 3.63) is 69.7 Å². The van der Waals surface area contributed by atoms with Gasteiger partial charge in [0.15, 0.2) is 0 Å². The van der Waals surface area contributed by atoms with Gasteiger partial charge < -0.3 is 5.32 Å². The molecule has 0 radical (unpaired) electrons. The molecular formula is C18H22BrN. The van der Waals surface area contributed by atoms with Crippen molar-refractivity contribution in [2.45, 2.75) is 26.2 Å². The average Bonchev–Trinajstić information content (AvgIpc) is 2.46. The van der Waals surface area contributed by atoms with Crippen LogP contribution in [-0.4, -0.2) is 13.1 Å². The van der Waals surface area contributed by atoms with Gasteiger partial charge in [-0.15, -0.1) is 0 Å². The molecule has 0 aliphatic rings. The van der Waals surface area contributed by atoms with Crippen LogP contribution < -0.4 is 5.32 Å². The first kappa shape index (κ1) is 15.3. The molecule has 0 spiro atoms. The summed E-state index contributed by atoms with van der Waals surface area (Å²) in [6, 6.07) is 17.2. The van der Waals surface area contributed by atoms with Crippen molar-refractivity contribution in [1.29, 1.82) is 0 Å². The van der Waals surface area contributed by atoms with Crippen LogP contribution in [0.1, 0.15) is 29.5 Å². The monoisotopic (exact) mass is 331 g/mol. The molecule has 0 aliphatic carbocycles. The molecule has 1 nitrogen and oxygen atoms in total. The molecule has 1 N–H and O–H groups in total. The van der Waals surface area contributed by atoms with E-state index in [0.717, 1.165) is 19.5 Å². The van der Waals surface area contributed by atoms with Crippen LogP contribution in [0.2, 0.25) is 0 Å². The summed E-state index contributed by atoms with van der Waals surface area (Å²) in [5.74, 6) is 0.492. The standard InChI is InChI=1S/C18H22BrN/c1-3-20-13-16(17-10-6-7-11-18(17)19)12-15-9-5-4-8-14(15)2/h4-11,16,20H,3,12-13H2,1-2H3. The number of nitrogens with one attached hydrogen (secondary N) is 1. The van der Waals surface area contributed by atoms with Gasteiger partial charge in [-0.3, -0.25) is 0 Å². The third kappa shape index (κ3) is 3.94. The van der Waals surface area contributed by atoms with Crippen LogP contribution in [0.15, 0.2) is 53.0 Å². The summed E-state index contributed by atoms with van der Waals surface area (Å²) in [6.07, 6.45) is 1.07. The number of likely N-dealkylation sites (N-methyl/N-ethyl adjacent to an activating group) is 1. The number of hydrogen-bond acceptors (Lipinski definition) is 1. The van der Waals surface area contributed by atoms with Crippen LogP contribution in [0, 0.1) is 6.92 Å². The number of hydrogen-bond donors (Lipinski definition) is 1. The zero-order chi connectivity index (χ0) is 14.4. The van der Waals surface area contributed by atoms with E-state index in [1.807, 2.05) is 0 Å². The Morgan fingerprint density at radius 2 is 1.75 bits per heavy atom. The summed E-state index contributed by atoms with van der Waals surface area (Å²) in [5, 5.41) is 3.49. The van der Waals surface area contributed by atoms with Gasteiger partial charge in [0.2, 0.25) is 0 Å². The predicted molar refractivity (Wildman–Crippen MR) is 90.3 cm³/mol. The van der Waals surface area contributed by atoms with Crippen molar-refractivity contribution >= 4 is 15.9 Å². The highest BCUT2D eigenvalue weighted by Gasteiger charge is 2.15. The Labute approximate surface area is 130 Å². The van der Waals surface area contributed by atoms with Crippen molar-refractivity contribution < 1.29 is 0 Å². The summed E-state index contributed by atoms with van der Waals surface area (Å²) >= 11 is 3.69. The lowest BCUT2D eigenvalue weighted by atomic mass is 9.90. The molecule has 0 bridgehead atoms. The van der Waals surface area contributed by atoms with Crippen LogP contribution in [0.25, 0.3) is 0 Å². The van der Waals surface area contributed by atoms with Crippen LogP contribution in [0.5, 0.6) is 0 Å². The molecule has 2 aromatic rings. The quantitative estimate of drug-likeness (QED) is 0.809. The number of aryl methyl sites for hydroxylation is 1. The van der Waals surface area contributed by atoms with E-state index in [-0.39, 0.29) is 0 Å². The molecular weight excluding hydrogens is 310 g/mol. The highest BCUT2D eigenvalue weighted by Crippen LogP contribution is 2.28. The van der Waals surface area contributed by atoms with Crippen LogP contribution in [0.4, 0.5) is 0 Å². The van der Waals surface area contributed by atoms with Gasteiger partial charge in [0.25, 0.3) is 0 Å². The Morgan fingerprint density at radius 3 is 2.45 bits per heavy atom. The van der Waals surface area contributed by atoms with E-state index < -0.39 is 0 Å². The molecule has 2 aromatic carbocycles. The normalized spacial score (nSPS) is 12.3. The van der Waals surface area contributed by atoms with E-state index >= 15 is 0 Å².